The fourth-order valence-electron chi connectivity index (χ4n) is 4.59. The highest BCUT2D eigenvalue weighted by atomic mass is 35.5. The number of hydrogen-bond donors (Lipinski definition) is 1. The molecule has 1 unspecified atom stereocenters. The van der Waals surface area contributed by atoms with Crippen molar-refractivity contribution in [3.05, 3.63) is 88.9 Å². The average molecular weight is 492 g/mol. The Labute approximate surface area is 213 Å². The fourth-order valence-corrected chi connectivity index (χ4v) is 4.71. The molecule has 3 aromatic rings. The van der Waals surface area contributed by atoms with E-state index in [0.29, 0.717) is 23.4 Å². The standard InChI is InChI=1S/C29H34ClN3O2/c1-32(2)21-27-4-3-19-33(27)20-23-7-5-22(6-8-23)17-18-31-29(34)35-28-15-11-25(12-16-28)24-9-13-26(30)14-10-24/h5-16,27H,3-4,17-21H2,1-2H3,(H,31,34). The molecule has 1 N–H and O–H groups in total. The van der Waals surface area contributed by atoms with E-state index in [2.05, 4.69) is 53.5 Å². The van der Waals surface area contributed by atoms with Crippen molar-refractivity contribution >= 4 is 17.7 Å². The van der Waals surface area contributed by atoms with E-state index >= 15 is 0 Å². The molecule has 1 atom stereocenters. The van der Waals surface area contributed by atoms with Crippen LogP contribution in [0.3, 0.4) is 0 Å². The van der Waals surface area contributed by atoms with Crippen LogP contribution in [0.25, 0.3) is 11.1 Å². The van der Waals surface area contributed by atoms with Gasteiger partial charge in [0.15, 0.2) is 0 Å². The second-order valence-electron chi connectivity index (χ2n) is 9.44. The first-order chi connectivity index (χ1) is 17.0. The fraction of sp³-hybridized carbons (Fsp3) is 0.345. The van der Waals surface area contributed by atoms with Gasteiger partial charge in [-0.1, -0.05) is 60.1 Å². The predicted molar refractivity (Wildman–Crippen MR) is 143 cm³/mol. The van der Waals surface area contributed by atoms with Gasteiger partial charge in [-0.25, -0.2) is 4.79 Å². The van der Waals surface area contributed by atoms with Crippen molar-refractivity contribution in [2.75, 3.05) is 33.7 Å². The maximum absolute atomic E-state index is 12.2. The molecule has 6 heteroatoms. The third kappa shape index (κ3) is 7.56. The van der Waals surface area contributed by atoms with E-state index in [1.807, 2.05) is 36.4 Å². The molecule has 0 bridgehead atoms. The van der Waals surface area contributed by atoms with Gasteiger partial charge >= 0.3 is 6.09 Å². The molecule has 0 spiro atoms. The number of likely N-dealkylation sites (tertiary alicyclic amines) is 1. The molecule has 1 saturated heterocycles. The number of likely N-dealkylation sites (N-methyl/N-ethyl adjacent to an activating group) is 1. The van der Waals surface area contributed by atoms with E-state index in [1.165, 1.54) is 30.5 Å². The maximum atomic E-state index is 12.2. The van der Waals surface area contributed by atoms with E-state index in [9.17, 15) is 4.79 Å². The number of hydrogen-bond acceptors (Lipinski definition) is 4. The molecule has 1 aliphatic heterocycles. The zero-order valence-electron chi connectivity index (χ0n) is 20.5. The Morgan fingerprint density at radius 2 is 1.60 bits per heavy atom. The Kier molecular flexibility index (Phi) is 8.80. The van der Waals surface area contributed by atoms with E-state index in [1.54, 1.807) is 12.1 Å². The number of carbonyl (C=O) groups is 1. The van der Waals surface area contributed by atoms with Gasteiger partial charge in [0.05, 0.1) is 0 Å². The highest BCUT2D eigenvalue weighted by Crippen LogP contribution is 2.24. The Morgan fingerprint density at radius 3 is 2.26 bits per heavy atom. The second kappa shape index (κ2) is 12.2. The molecule has 0 aliphatic carbocycles. The molecule has 0 saturated carbocycles. The van der Waals surface area contributed by atoms with Crippen LogP contribution < -0.4 is 10.1 Å². The number of nitrogens with zero attached hydrogens (tertiary/aromatic N) is 2. The lowest BCUT2D eigenvalue weighted by molar-refractivity contribution is 0.200. The molecule has 5 nitrogen and oxygen atoms in total. The summed E-state index contributed by atoms with van der Waals surface area (Å²) in [5, 5.41) is 3.55. The highest BCUT2D eigenvalue weighted by Gasteiger charge is 2.24. The number of amides is 1. The Bertz CT molecular complexity index is 1080. The number of halogens is 1. The van der Waals surface area contributed by atoms with Gasteiger partial charge in [0.1, 0.15) is 5.75 Å². The molecular weight excluding hydrogens is 458 g/mol. The van der Waals surface area contributed by atoms with Crippen molar-refractivity contribution in [2.24, 2.45) is 0 Å². The quantitative estimate of drug-likeness (QED) is 0.407. The van der Waals surface area contributed by atoms with Crippen LogP contribution in [0.4, 0.5) is 4.79 Å². The molecule has 184 valence electrons. The Hall–Kier alpha value is -2.86. The number of carbonyl (C=O) groups excluding carboxylic acids is 1. The summed E-state index contributed by atoms with van der Waals surface area (Å²) >= 11 is 5.95. The molecule has 0 aromatic heterocycles. The number of nitrogens with one attached hydrogen (secondary N) is 1. The van der Waals surface area contributed by atoms with Crippen molar-refractivity contribution < 1.29 is 9.53 Å². The zero-order chi connectivity index (χ0) is 24.6. The smallest absolute Gasteiger partial charge is 0.410 e. The first-order valence-corrected chi connectivity index (χ1v) is 12.6. The third-order valence-electron chi connectivity index (χ3n) is 6.41. The van der Waals surface area contributed by atoms with Gasteiger partial charge in [0.25, 0.3) is 0 Å². The molecular formula is C29H34ClN3O2. The monoisotopic (exact) mass is 491 g/mol. The topological polar surface area (TPSA) is 44.8 Å². The van der Waals surface area contributed by atoms with Crippen LogP contribution in [-0.2, 0) is 13.0 Å². The minimum Gasteiger partial charge on any atom is -0.410 e. The lowest BCUT2D eigenvalue weighted by Crippen LogP contribution is -2.37. The van der Waals surface area contributed by atoms with Crippen LogP contribution in [0.15, 0.2) is 72.8 Å². The largest absolute Gasteiger partial charge is 0.412 e. The van der Waals surface area contributed by atoms with E-state index in [-0.39, 0.29) is 0 Å². The molecule has 1 amide bonds. The van der Waals surface area contributed by atoms with Gasteiger partial charge in [-0.05, 0) is 86.4 Å². The first-order valence-electron chi connectivity index (χ1n) is 12.2. The normalized spacial score (nSPS) is 15.9. The summed E-state index contributed by atoms with van der Waals surface area (Å²) in [6, 6.07) is 24.5. The Morgan fingerprint density at radius 1 is 0.971 bits per heavy atom. The van der Waals surface area contributed by atoms with Crippen LogP contribution in [0.2, 0.25) is 5.02 Å². The lowest BCUT2D eigenvalue weighted by Gasteiger charge is -2.27. The number of benzene rings is 3. The highest BCUT2D eigenvalue weighted by molar-refractivity contribution is 6.30. The summed E-state index contributed by atoms with van der Waals surface area (Å²) < 4.78 is 5.41. The average Bonchev–Trinajstić information content (AvgIpc) is 3.27. The van der Waals surface area contributed by atoms with Crippen molar-refractivity contribution in [3.8, 4) is 16.9 Å². The SMILES string of the molecule is CN(C)CC1CCCN1Cc1ccc(CCNC(=O)Oc2ccc(-c3ccc(Cl)cc3)cc2)cc1. The minimum absolute atomic E-state index is 0.443. The van der Waals surface area contributed by atoms with Crippen molar-refractivity contribution in [1.82, 2.24) is 15.1 Å². The molecule has 1 aliphatic rings. The lowest BCUT2D eigenvalue weighted by atomic mass is 10.1. The number of ether oxygens (including phenoxy) is 1. The van der Waals surface area contributed by atoms with Gasteiger partial charge in [-0.3, -0.25) is 4.90 Å². The number of rotatable bonds is 9. The van der Waals surface area contributed by atoms with Crippen molar-refractivity contribution in [2.45, 2.75) is 31.8 Å². The molecule has 1 fully saturated rings. The summed E-state index contributed by atoms with van der Waals surface area (Å²) in [6.45, 7) is 3.82. The van der Waals surface area contributed by atoms with E-state index < -0.39 is 6.09 Å². The van der Waals surface area contributed by atoms with Gasteiger partial charge in [-0.15, -0.1) is 0 Å². The summed E-state index contributed by atoms with van der Waals surface area (Å²) in [7, 11) is 4.29. The van der Waals surface area contributed by atoms with Gasteiger partial charge in [-0.2, -0.15) is 0 Å². The third-order valence-corrected chi connectivity index (χ3v) is 6.66. The second-order valence-corrected chi connectivity index (χ2v) is 9.88. The molecule has 35 heavy (non-hydrogen) atoms. The summed E-state index contributed by atoms with van der Waals surface area (Å²) in [5.74, 6) is 0.513. The summed E-state index contributed by atoms with van der Waals surface area (Å²) in [6.07, 6.45) is 2.88. The minimum atomic E-state index is -0.443. The molecule has 4 rings (SSSR count). The maximum Gasteiger partial charge on any atom is 0.412 e. The Balaban J connectivity index is 1.20. The van der Waals surface area contributed by atoms with Crippen LogP contribution >= 0.6 is 11.6 Å². The summed E-state index contributed by atoms with van der Waals surface area (Å²) in [4.78, 5) is 17.1. The zero-order valence-corrected chi connectivity index (χ0v) is 21.3. The van der Waals surface area contributed by atoms with E-state index in [0.717, 1.165) is 30.6 Å². The van der Waals surface area contributed by atoms with Crippen molar-refractivity contribution in [3.63, 3.8) is 0 Å². The first kappa shape index (κ1) is 25.2. The molecule has 0 radical (unpaired) electrons. The van der Waals surface area contributed by atoms with Gasteiger partial charge in [0, 0.05) is 30.7 Å². The van der Waals surface area contributed by atoms with Crippen LogP contribution in [-0.4, -0.2) is 55.7 Å². The molecule has 1 heterocycles. The van der Waals surface area contributed by atoms with Gasteiger partial charge < -0.3 is 15.0 Å². The van der Waals surface area contributed by atoms with Crippen LogP contribution in [0.5, 0.6) is 5.75 Å². The molecule has 3 aromatic carbocycles. The van der Waals surface area contributed by atoms with Gasteiger partial charge in [0.2, 0.25) is 0 Å². The predicted octanol–water partition coefficient (Wildman–Crippen LogP) is 5.86. The van der Waals surface area contributed by atoms with E-state index in [4.69, 9.17) is 16.3 Å². The van der Waals surface area contributed by atoms with Crippen molar-refractivity contribution in [1.29, 1.82) is 0 Å². The summed E-state index contributed by atoms with van der Waals surface area (Å²) in [5.41, 5.74) is 4.64. The van der Waals surface area contributed by atoms with Crippen LogP contribution in [0, 0.1) is 0 Å². The van der Waals surface area contributed by atoms with Crippen LogP contribution in [0.1, 0.15) is 24.0 Å².